The van der Waals surface area contributed by atoms with Crippen molar-refractivity contribution >= 4 is 17.4 Å². The van der Waals surface area contributed by atoms with Crippen molar-refractivity contribution in [1.29, 1.82) is 0 Å². The first-order valence-corrected chi connectivity index (χ1v) is 10.9. The molecular weight excluding hydrogens is 412 g/mol. The van der Waals surface area contributed by atoms with Gasteiger partial charge < -0.3 is 14.8 Å². The van der Waals surface area contributed by atoms with Gasteiger partial charge in [-0.1, -0.05) is 32.9 Å². The summed E-state index contributed by atoms with van der Waals surface area (Å²) in [6.45, 7) is 8.85. The average Bonchev–Trinajstić information content (AvgIpc) is 2.71. The molecule has 0 saturated carbocycles. The van der Waals surface area contributed by atoms with Crippen molar-refractivity contribution in [2.24, 2.45) is 5.41 Å². The third-order valence-electron chi connectivity index (χ3n) is 5.71. The van der Waals surface area contributed by atoms with Crippen molar-refractivity contribution in [3.05, 3.63) is 62.5 Å². The van der Waals surface area contributed by atoms with Crippen LogP contribution < -0.4 is 5.32 Å². The fourth-order valence-electron chi connectivity index (χ4n) is 4.35. The highest BCUT2D eigenvalue weighted by molar-refractivity contribution is 6.04. The van der Waals surface area contributed by atoms with Crippen LogP contribution in [0.4, 0.5) is 5.69 Å². The molecule has 3 rings (SSSR count). The van der Waals surface area contributed by atoms with Gasteiger partial charge >= 0.3 is 5.97 Å². The summed E-state index contributed by atoms with van der Waals surface area (Å²) in [6, 6.07) is 6.00. The van der Waals surface area contributed by atoms with E-state index in [9.17, 15) is 19.7 Å². The van der Waals surface area contributed by atoms with E-state index in [0.717, 1.165) is 12.1 Å². The molecule has 0 radical (unpaired) electrons. The van der Waals surface area contributed by atoms with Gasteiger partial charge in [0, 0.05) is 48.0 Å². The van der Waals surface area contributed by atoms with Gasteiger partial charge in [-0.15, -0.1) is 0 Å². The van der Waals surface area contributed by atoms with E-state index in [1.54, 1.807) is 19.1 Å². The quantitative estimate of drug-likeness (QED) is 0.279. The Bertz CT molecular complexity index is 975. The van der Waals surface area contributed by atoms with Crippen LogP contribution in [0.1, 0.15) is 58.4 Å². The minimum Gasteiger partial charge on any atom is -0.460 e. The van der Waals surface area contributed by atoms with E-state index < -0.39 is 16.8 Å². The van der Waals surface area contributed by atoms with E-state index in [2.05, 4.69) is 5.32 Å². The highest BCUT2D eigenvalue weighted by Gasteiger charge is 2.43. The van der Waals surface area contributed by atoms with Crippen LogP contribution in [0.3, 0.4) is 0 Å². The Balaban J connectivity index is 1.98. The second-order valence-corrected chi connectivity index (χ2v) is 9.03. The van der Waals surface area contributed by atoms with Crippen LogP contribution in [0.2, 0.25) is 0 Å². The van der Waals surface area contributed by atoms with Crippen molar-refractivity contribution < 1.29 is 24.0 Å². The highest BCUT2D eigenvalue weighted by Crippen LogP contribution is 2.46. The molecule has 1 N–H and O–H groups in total. The van der Waals surface area contributed by atoms with Crippen molar-refractivity contribution in [2.75, 3.05) is 19.8 Å². The molecule has 8 heteroatoms. The number of esters is 1. The highest BCUT2D eigenvalue weighted by atomic mass is 16.6. The standard InChI is InChI=1S/C24H30N2O6/c1-5-10-31-11-12-32-23(28)20-15(2)25-18-13-24(3,4)14-19(27)22(18)21(20)16-6-8-17(9-7-16)26(29)30/h6-9,21,25H,5,10-14H2,1-4H3/t21-/m1/s1. The van der Waals surface area contributed by atoms with Gasteiger partial charge in [0.25, 0.3) is 5.69 Å². The molecule has 1 aliphatic heterocycles. The van der Waals surface area contributed by atoms with Gasteiger partial charge in [-0.05, 0) is 30.7 Å². The second-order valence-electron chi connectivity index (χ2n) is 9.03. The van der Waals surface area contributed by atoms with Gasteiger partial charge in [0.05, 0.1) is 17.1 Å². The zero-order valence-corrected chi connectivity index (χ0v) is 19.0. The second kappa shape index (κ2) is 9.65. The number of allylic oxidation sites excluding steroid dienone is 3. The van der Waals surface area contributed by atoms with Crippen molar-refractivity contribution in [2.45, 2.75) is 52.9 Å². The summed E-state index contributed by atoms with van der Waals surface area (Å²) in [5.74, 6) is -1.20. The summed E-state index contributed by atoms with van der Waals surface area (Å²) >= 11 is 0. The number of hydrogen-bond acceptors (Lipinski definition) is 7. The van der Waals surface area contributed by atoms with E-state index in [-0.39, 0.29) is 23.5 Å². The lowest BCUT2D eigenvalue weighted by Crippen LogP contribution is -2.38. The van der Waals surface area contributed by atoms with Crippen LogP contribution in [0.15, 0.2) is 46.8 Å². The van der Waals surface area contributed by atoms with Gasteiger partial charge in [-0.3, -0.25) is 14.9 Å². The molecule has 1 aromatic rings. The summed E-state index contributed by atoms with van der Waals surface area (Å²) < 4.78 is 10.8. The number of carbonyl (C=O) groups is 2. The fourth-order valence-corrected chi connectivity index (χ4v) is 4.35. The molecule has 0 unspecified atom stereocenters. The van der Waals surface area contributed by atoms with Crippen LogP contribution in [0.5, 0.6) is 0 Å². The Morgan fingerprint density at radius 3 is 2.50 bits per heavy atom. The molecule has 0 fully saturated rings. The zero-order chi connectivity index (χ0) is 23.5. The molecule has 0 spiro atoms. The molecule has 0 aromatic heterocycles. The lowest BCUT2D eigenvalue weighted by Gasteiger charge is -2.39. The van der Waals surface area contributed by atoms with E-state index >= 15 is 0 Å². The Kier molecular flexibility index (Phi) is 7.13. The van der Waals surface area contributed by atoms with Crippen LogP contribution in [-0.2, 0) is 19.1 Å². The summed E-state index contributed by atoms with van der Waals surface area (Å²) in [7, 11) is 0. The average molecular weight is 443 g/mol. The lowest BCUT2D eigenvalue weighted by atomic mass is 9.68. The monoisotopic (exact) mass is 442 g/mol. The maximum Gasteiger partial charge on any atom is 0.336 e. The number of nitrogens with zero attached hydrogens (tertiary/aromatic N) is 1. The van der Waals surface area contributed by atoms with Crippen molar-refractivity contribution in [1.82, 2.24) is 5.32 Å². The number of nitro benzene ring substituents is 1. The maximum absolute atomic E-state index is 13.2. The van der Waals surface area contributed by atoms with Gasteiger partial charge in [-0.2, -0.15) is 0 Å². The molecule has 2 aliphatic rings. The number of non-ortho nitro benzene ring substituents is 1. The smallest absolute Gasteiger partial charge is 0.336 e. The number of hydrogen-bond donors (Lipinski definition) is 1. The molecule has 1 heterocycles. The molecule has 1 aliphatic carbocycles. The van der Waals surface area contributed by atoms with E-state index in [1.807, 2.05) is 20.8 Å². The first kappa shape index (κ1) is 23.7. The van der Waals surface area contributed by atoms with Crippen molar-refractivity contribution in [3.8, 4) is 0 Å². The van der Waals surface area contributed by atoms with E-state index in [1.165, 1.54) is 12.1 Å². The molecule has 0 saturated heterocycles. The minimum atomic E-state index is -0.639. The van der Waals surface area contributed by atoms with Gasteiger partial charge in [-0.25, -0.2) is 4.79 Å². The molecular formula is C24H30N2O6. The van der Waals surface area contributed by atoms with Gasteiger partial charge in [0.1, 0.15) is 6.61 Å². The van der Waals surface area contributed by atoms with Gasteiger partial charge in [0.15, 0.2) is 5.78 Å². The number of Topliss-reactive ketones (excluding diaryl/α,β-unsaturated/α-hetero) is 1. The minimum absolute atomic E-state index is 0.0313. The SMILES string of the molecule is CCCOCCOC(=O)C1=C(C)NC2=C(C(=O)CC(C)(C)C2)[C@@H]1c1ccc([N+](=O)[O-])cc1. The first-order valence-electron chi connectivity index (χ1n) is 10.9. The molecule has 0 amide bonds. The number of dihydropyridines is 1. The van der Waals surface area contributed by atoms with E-state index in [0.29, 0.717) is 48.5 Å². The number of carbonyl (C=O) groups excluding carboxylic acids is 2. The summed E-state index contributed by atoms with van der Waals surface area (Å²) in [4.78, 5) is 36.9. The first-order chi connectivity index (χ1) is 15.1. The third kappa shape index (κ3) is 5.07. The van der Waals surface area contributed by atoms with E-state index in [4.69, 9.17) is 9.47 Å². The largest absolute Gasteiger partial charge is 0.460 e. The predicted octanol–water partition coefficient (Wildman–Crippen LogP) is 4.17. The molecule has 32 heavy (non-hydrogen) atoms. The summed E-state index contributed by atoms with van der Waals surface area (Å²) in [6.07, 6.45) is 1.91. The molecule has 1 aromatic carbocycles. The zero-order valence-electron chi connectivity index (χ0n) is 19.0. The number of ketones is 1. The maximum atomic E-state index is 13.2. The third-order valence-corrected chi connectivity index (χ3v) is 5.71. The summed E-state index contributed by atoms with van der Waals surface area (Å²) in [5.41, 5.74) is 2.71. The van der Waals surface area contributed by atoms with Crippen molar-refractivity contribution in [3.63, 3.8) is 0 Å². The van der Waals surface area contributed by atoms with Crippen LogP contribution in [0.25, 0.3) is 0 Å². The Morgan fingerprint density at radius 1 is 1.19 bits per heavy atom. The number of rotatable bonds is 8. The molecule has 172 valence electrons. The predicted molar refractivity (Wildman–Crippen MR) is 119 cm³/mol. The Hall–Kier alpha value is -3.00. The normalized spacial score (nSPS) is 20.0. The Labute approximate surface area is 187 Å². The molecule has 8 nitrogen and oxygen atoms in total. The number of nitro groups is 1. The lowest BCUT2D eigenvalue weighted by molar-refractivity contribution is -0.384. The van der Waals surface area contributed by atoms with Gasteiger partial charge in [0.2, 0.25) is 0 Å². The van der Waals surface area contributed by atoms with Crippen LogP contribution >= 0.6 is 0 Å². The summed E-state index contributed by atoms with van der Waals surface area (Å²) in [5, 5.41) is 14.4. The topological polar surface area (TPSA) is 108 Å². The van der Waals surface area contributed by atoms with Crippen LogP contribution in [0, 0.1) is 15.5 Å². The number of benzene rings is 1. The molecule has 1 atom stereocenters. The molecule has 0 bridgehead atoms. The number of ether oxygens (including phenoxy) is 2. The van der Waals surface area contributed by atoms with Crippen LogP contribution in [-0.4, -0.2) is 36.5 Å². The Morgan fingerprint density at radius 2 is 1.88 bits per heavy atom. The number of nitrogens with one attached hydrogen (secondary N) is 1. The fraction of sp³-hybridized carbons (Fsp3) is 0.500.